The van der Waals surface area contributed by atoms with Crippen LogP contribution < -0.4 is 4.74 Å². The lowest BCUT2D eigenvalue weighted by Gasteiger charge is -2.08. The molecule has 164 valence electrons. The zero-order chi connectivity index (χ0) is 23.3. The molecule has 4 heterocycles. The molecule has 7 heteroatoms. The number of hydrogen-bond acceptors (Lipinski definition) is 5. The minimum absolute atomic E-state index is 0.129. The van der Waals surface area contributed by atoms with Crippen molar-refractivity contribution in [2.45, 2.75) is 0 Å². The van der Waals surface area contributed by atoms with Crippen LogP contribution in [0.1, 0.15) is 20.7 Å². The summed E-state index contributed by atoms with van der Waals surface area (Å²) in [6.07, 6.45) is 0. The Bertz CT molecular complexity index is 1790. The van der Waals surface area contributed by atoms with Crippen LogP contribution in [0.15, 0.2) is 84.9 Å². The van der Waals surface area contributed by atoms with E-state index in [1.807, 2.05) is 72.8 Å². The van der Waals surface area contributed by atoms with Crippen molar-refractivity contribution in [2.24, 2.45) is 0 Å². The predicted octanol–water partition coefficient (Wildman–Crippen LogP) is 5.52. The first-order valence-electron chi connectivity index (χ1n) is 11.2. The second-order valence-corrected chi connectivity index (χ2v) is 8.65. The van der Waals surface area contributed by atoms with E-state index in [0.29, 0.717) is 34.3 Å². The summed E-state index contributed by atoms with van der Waals surface area (Å²) >= 11 is 0. The number of nitrogens with zero attached hydrogens (tertiary/aromatic N) is 4. The van der Waals surface area contributed by atoms with Crippen LogP contribution in [-0.4, -0.2) is 30.9 Å². The van der Waals surface area contributed by atoms with E-state index in [1.165, 1.54) is 0 Å². The lowest BCUT2D eigenvalue weighted by Crippen LogP contribution is -2.06. The van der Waals surface area contributed by atoms with Gasteiger partial charge in [0, 0.05) is 11.1 Å². The van der Waals surface area contributed by atoms with E-state index < -0.39 is 0 Å². The van der Waals surface area contributed by atoms with E-state index in [2.05, 4.69) is 9.97 Å². The van der Waals surface area contributed by atoms with Crippen LogP contribution in [0.5, 0.6) is 11.5 Å². The predicted molar refractivity (Wildman–Crippen MR) is 130 cm³/mol. The van der Waals surface area contributed by atoms with Crippen molar-refractivity contribution < 1.29 is 14.3 Å². The molecule has 0 spiro atoms. The SMILES string of the molecule is O=C1c2cc(Oc3ccc4c(c3)C(=O)n3c-4nc4ccccc43)ccc2-c2nc3ccccc3n21. The molecule has 0 aliphatic carbocycles. The third-order valence-corrected chi connectivity index (χ3v) is 6.69. The van der Waals surface area contributed by atoms with E-state index in [4.69, 9.17) is 4.74 Å². The summed E-state index contributed by atoms with van der Waals surface area (Å²) in [4.78, 5) is 35.6. The van der Waals surface area contributed by atoms with Gasteiger partial charge in [0.1, 0.15) is 23.1 Å². The smallest absolute Gasteiger partial charge is 0.265 e. The van der Waals surface area contributed by atoms with Gasteiger partial charge in [0.25, 0.3) is 11.8 Å². The molecule has 8 rings (SSSR count). The maximum atomic E-state index is 13.2. The summed E-state index contributed by atoms with van der Waals surface area (Å²) in [7, 11) is 0. The molecule has 2 aliphatic rings. The van der Waals surface area contributed by atoms with Crippen molar-refractivity contribution in [2.75, 3.05) is 0 Å². The normalized spacial score (nSPS) is 13.3. The first-order valence-corrected chi connectivity index (χ1v) is 11.2. The Morgan fingerprint density at radius 3 is 1.49 bits per heavy atom. The Morgan fingerprint density at radius 1 is 0.543 bits per heavy atom. The van der Waals surface area contributed by atoms with Crippen LogP contribution in [0.3, 0.4) is 0 Å². The Labute approximate surface area is 197 Å². The van der Waals surface area contributed by atoms with Crippen LogP contribution in [0, 0.1) is 0 Å². The molecular weight excluding hydrogens is 440 g/mol. The van der Waals surface area contributed by atoms with E-state index in [-0.39, 0.29) is 11.8 Å². The zero-order valence-electron chi connectivity index (χ0n) is 18.1. The number of carbonyl (C=O) groups excluding carboxylic acids is 2. The van der Waals surface area contributed by atoms with Gasteiger partial charge in [-0.15, -0.1) is 0 Å². The van der Waals surface area contributed by atoms with Crippen molar-refractivity contribution in [3.8, 4) is 34.3 Å². The van der Waals surface area contributed by atoms with Gasteiger partial charge in [0.15, 0.2) is 0 Å². The monoisotopic (exact) mass is 454 g/mol. The maximum Gasteiger partial charge on any atom is 0.265 e. The lowest BCUT2D eigenvalue weighted by atomic mass is 10.1. The minimum atomic E-state index is -0.129. The maximum absolute atomic E-state index is 13.2. The third kappa shape index (κ3) is 2.33. The standard InChI is InChI=1S/C28H14N4O3/c33-27-19-13-15(9-11-17(19)25-29-21-5-1-3-7-23(21)31(25)27)35-16-10-12-18-20(14-16)28(34)32-24-8-4-2-6-22(24)30-26(18)32/h1-14H. The quantitative estimate of drug-likeness (QED) is 0.344. The van der Waals surface area contributed by atoms with E-state index in [0.717, 1.165) is 33.2 Å². The molecular formula is C28H14N4O3. The molecule has 0 amide bonds. The fraction of sp³-hybridized carbons (Fsp3) is 0. The van der Waals surface area contributed by atoms with Gasteiger partial charge < -0.3 is 4.74 Å². The molecule has 0 atom stereocenters. The number of para-hydroxylation sites is 4. The number of carbonyl (C=O) groups is 2. The number of fused-ring (bicyclic) bond motifs is 10. The Hall–Kier alpha value is -5.04. The Morgan fingerprint density at radius 2 is 1.00 bits per heavy atom. The van der Waals surface area contributed by atoms with Gasteiger partial charge in [0.05, 0.1) is 33.2 Å². The highest BCUT2D eigenvalue weighted by Crippen LogP contribution is 2.39. The summed E-state index contributed by atoms with van der Waals surface area (Å²) in [5.41, 5.74) is 5.79. The lowest BCUT2D eigenvalue weighted by molar-refractivity contribution is 0.0965. The summed E-state index contributed by atoms with van der Waals surface area (Å²) in [5, 5.41) is 0. The number of ether oxygens (including phenoxy) is 1. The first kappa shape index (κ1) is 18.4. The first-order chi connectivity index (χ1) is 17.2. The van der Waals surface area contributed by atoms with Crippen molar-refractivity contribution in [3.63, 3.8) is 0 Å². The van der Waals surface area contributed by atoms with E-state index in [1.54, 1.807) is 21.3 Å². The molecule has 2 aromatic heterocycles. The topological polar surface area (TPSA) is 79.0 Å². The molecule has 0 N–H and O–H groups in total. The van der Waals surface area contributed by atoms with Crippen molar-refractivity contribution in [1.29, 1.82) is 0 Å². The van der Waals surface area contributed by atoms with Crippen LogP contribution in [-0.2, 0) is 0 Å². The second-order valence-electron chi connectivity index (χ2n) is 8.65. The van der Waals surface area contributed by atoms with Crippen LogP contribution in [0.2, 0.25) is 0 Å². The fourth-order valence-electron chi connectivity index (χ4n) is 5.12. The number of benzene rings is 4. The van der Waals surface area contributed by atoms with E-state index >= 15 is 0 Å². The number of aromatic nitrogens is 4. The molecule has 35 heavy (non-hydrogen) atoms. The fourth-order valence-corrected chi connectivity index (χ4v) is 5.12. The molecule has 0 radical (unpaired) electrons. The van der Waals surface area contributed by atoms with Crippen molar-refractivity contribution in [1.82, 2.24) is 19.1 Å². The largest absolute Gasteiger partial charge is 0.457 e. The van der Waals surface area contributed by atoms with Crippen LogP contribution >= 0.6 is 0 Å². The molecule has 6 aromatic rings. The number of rotatable bonds is 2. The van der Waals surface area contributed by atoms with Gasteiger partial charge in [0.2, 0.25) is 0 Å². The van der Waals surface area contributed by atoms with Crippen LogP contribution in [0.25, 0.3) is 44.8 Å². The van der Waals surface area contributed by atoms with Gasteiger partial charge in [-0.3, -0.25) is 18.7 Å². The highest BCUT2D eigenvalue weighted by molar-refractivity contribution is 6.14. The Balaban J connectivity index is 1.16. The van der Waals surface area contributed by atoms with Crippen LogP contribution in [0.4, 0.5) is 0 Å². The number of imidazole rings is 2. The van der Waals surface area contributed by atoms with Gasteiger partial charge in [-0.05, 0) is 60.7 Å². The van der Waals surface area contributed by atoms with Gasteiger partial charge in [-0.25, -0.2) is 9.97 Å². The summed E-state index contributed by atoms with van der Waals surface area (Å²) in [6, 6.07) is 26.0. The molecule has 0 fully saturated rings. The molecule has 0 saturated carbocycles. The summed E-state index contributed by atoms with van der Waals surface area (Å²) < 4.78 is 9.37. The average Bonchev–Trinajstić information content (AvgIpc) is 3.59. The molecule has 0 bridgehead atoms. The average molecular weight is 454 g/mol. The molecule has 7 nitrogen and oxygen atoms in total. The highest BCUT2D eigenvalue weighted by atomic mass is 16.5. The molecule has 0 saturated heterocycles. The molecule has 2 aliphatic heterocycles. The molecule has 0 unspecified atom stereocenters. The number of hydrogen-bond donors (Lipinski definition) is 0. The third-order valence-electron chi connectivity index (χ3n) is 6.69. The van der Waals surface area contributed by atoms with Crippen molar-refractivity contribution >= 4 is 33.9 Å². The van der Waals surface area contributed by atoms with Gasteiger partial charge >= 0.3 is 0 Å². The van der Waals surface area contributed by atoms with Crippen molar-refractivity contribution in [3.05, 3.63) is 96.1 Å². The highest BCUT2D eigenvalue weighted by Gasteiger charge is 2.32. The zero-order valence-corrected chi connectivity index (χ0v) is 18.1. The summed E-state index contributed by atoms with van der Waals surface area (Å²) in [5.74, 6) is 2.05. The molecule has 4 aromatic carbocycles. The van der Waals surface area contributed by atoms with Gasteiger partial charge in [-0.2, -0.15) is 0 Å². The summed E-state index contributed by atoms with van der Waals surface area (Å²) in [6.45, 7) is 0. The second kappa shape index (κ2) is 6.30. The Kier molecular flexibility index (Phi) is 3.31. The minimum Gasteiger partial charge on any atom is -0.457 e. The van der Waals surface area contributed by atoms with Gasteiger partial charge in [-0.1, -0.05) is 24.3 Å². The van der Waals surface area contributed by atoms with E-state index in [9.17, 15) is 9.59 Å².